The van der Waals surface area contributed by atoms with Gasteiger partial charge in [-0.2, -0.15) is 0 Å². The minimum absolute atomic E-state index is 0.104. The van der Waals surface area contributed by atoms with Crippen molar-refractivity contribution in [1.82, 2.24) is 0 Å². The lowest BCUT2D eigenvalue weighted by Crippen LogP contribution is -2.17. The van der Waals surface area contributed by atoms with Crippen molar-refractivity contribution in [1.29, 1.82) is 0 Å². The first-order valence-electron chi connectivity index (χ1n) is 7.53. The molecule has 0 aliphatic carbocycles. The summed E-state index contributed by atoms with van der Waals surface area (Å²) in [6.45, 7) is 1.37. The third-order valence-corrected chi connectivity index (χ3v) is 5.63. The minimum Gasteiger partial charge on any atom is -0.326 e. The van der Waals surface area contributed by atoms with Gasteiger partial charge < -0.3 is 10.6 Å². The highest BCUT2D eigenvalue weighted by Crippen LogP contribution is 2.26. The molecule has 0 aromatic heterocycles. The van der Waals surface area contributed by atoms with Crippen molar-refractivity contribution in [3.8, 4) is 0 Å². The summed E-state index contributed by atoms with van der Waals surface area (Å²) >= 11 is 11.8. The summed E-state index contributed by atoms with van der Waals surface area (Å²) in [5.74, 6) is -1.08. The molecule has 2 aromatic rings. The molecule has 2 rings (SSSR count). The molecule has 138 valence electrons. The van der Waals surface area contributed by atoms with Crippen molar-refractivity contribution in [3.05, 3.63) is 52.5 Å². The highest BCUT2D eigenvalue weighted by molar-refractivity contribution is 7.91. The zero-order valence-corrected chi connectivity index (χ0v) is 16.1. The fraction of sp³-hybridized carbons (Fsp3) is 0.176. The van der Waals surface area contributed by atoms with Crippen molar-refractivity contribution in [2.45, 2.75) is 18.2 Å². The number of anilines is 2. The number of benzene rings is 2. The summed E-state index contributed by atoms with van der Waals surface area (Å²) in [5, 5.41) is 5.78. The molecule has 0 saturated heterocycles. The molecule has 0 atom stereocenters. The van der Waals surface area contributed by atoms with Gasteiger partial charge in [0.15, 0.2) is 9.84 Å². The van der Waals surface area contributed by atoms with E-state index in [1.807, 2.05) is 0 Å². The third kappa shape index (κ3) is 5.72. The Hall–Kier alpha value is -2.09. The monoisotopic (exact) mass is 414 g/mol. The van der Waals surface area contributed by atoms with E-state index in [2.05, 4.69) is 10.6 Å². The average molecular weight is 415 g/mol. The molecule has 9 heteroatoms. The Morgan fingerprint density at radius 1 is 1.00 bits per heavy atom. The fourth-order valence-corrected chi connectivity index (χ4v) is 3.69. The van der Waals surface area contributed by atoms with Crippen LogP contribution >= 0.6 is 23.2 Å². The quantitative estimate of drug-likeness (QED) is 0.752. The normalized spacial score (nSPS) is 11.0. The van der Waals surface area contributed by atoms with Gasteiger partial charge in [0.2, 0.25) is 11.8 Å². The largest absolute Gasteiger partial charge is 0.326 e. The van der Waals surface area contributed by atoms with E-state index in [-0.39, 0.29) is 28.0 Å². The molecule has 0 bridgehead atoms. The summed E-state index contributed by atoms with van der Waals surface area (Å²) in [4.78, 5) is 23.2. The number of carbonyl (C=O) groups excluding carboxylic acids is 2. The lowest BCUT2D eigenvalue weighted by atomic mass is 10.2. The van der Waals surface area contributed by atoms with Crippen LogP contribution in [0.5, 0.6) is 0 Å². The fourth-order valence-electron chi connectivity index (χ4n) is 2.10. The smallest absolute Gasteiger partial charge is 0.225 e. The van der Waals surface area contributed by atoms with Crippen LogP contribution in [0.25, 0.3) is 0 Å². The van der Waals surface area contributed by atoms with Crippen molar-refractivity contribution in [2.24, 2.45) is 0 Å². The van der Waals surface area contributed by atoms with Gasteiger partial charge in [0, 0.05) is 24.1 Å². The van der Waals surface area contributed by atoms with Crippen LogP contribution in [0.2, 0.25) is 10.0 Å². The van der Waals surface area contributed by atoms with Crippen LogP contribution in [0.4, 0.5) is 11.4 Å². The molecule has 26 heavy (non-hydrogen) atoms. The second-order valence-corrected chi connectivity index (χ2v) is 8.40. The number of carbonyl (C=O) groups is 2. The van der Waals surface area contributed by atoms with E-state index in [1.54, 1.807) is 6.07 Å². The molecule has 0 aliphatic rings. The van der Waals surface area contributed by atoms with Gasteiger partial charge in [0.05, 0.1) is 21.4 Å². The van der Waals surface area contributed by atoms with E-state index in [0.29, 0.717) is 16.4 Å². The summed E-state index contributed by atoms with van der Waals surface area (Å²) in [6, 6.07) is 10.3. The summed E-state index contributed by atoms with van der Waals surface area (Å²) < 4.78 is 24.5. The average Bonchev–Trinajstić information content (AvgIpc) is 2.55. The number of hydrogen-bond donors (Lipinski definition) is 2. The first kappa shape index (κ1) is 20.2. The second-order valence-electron chi connectivity index (χ2n) is 5.45. The van der Waals surface area contributed by atoms with Crippen LogP contribution in [0.3, 0.4) is 0 Å². The van der Waals surface area contributed by atoms with Crippen LogP contribution in [-0.2, 0) is 19.4 Å². The standard InChI is InChI=1S/C17H16Cl2N2O4S/c1-11(22)20-13-4-7-16(15(19)10-13)21-17(23)8-9-26(24,25)14-5-2-12(18)3-6-14/h2-7,10H,8-9H2,1H3,(H,20,22)(H,21,23). The molecule has 0 heterocycles. The number of rotatable bonds is 6. The van der Waals surface area contributed by atoms with Crippen LogP contribution in [-0.4, -0.2) is 26.0 Å². The van der Waals surface area contributed by atoms with Gasteiger partial charge in [0.1, 0.15) is 0 Å². The topological polar surface area (TPSA) is 92.3 Å². The Morgan fingerprint density at radius 2 is 1.65 bits per heavy atom. The van der Waals surface area contributed by atoms with Gasteiger partial charge in [-0.1, -0.05) is 23.2 Å². The number of nitrogens with one attached hydrogen (secondary N) is 2. The first-order valence-corrected chi connectivity index (χ1v) is 9.93. The van der Waals surface area contributed by atoms with Crippen molar-refractivity contribution in [2.75, 3.05) is 16.4 Å². The third-order valence-electron chi connectivity index (χ3n) is 3.33. The molecule has 0 spiro atoms. The van der Waals surface area contributed by atoms with Crippen LogP contribution in [0, 0.1) is 0 Å². The van der Waals surface area contributed by atoms with Crippen LogP contribution in [0.1, 0.15) is 13.3 Å². The summed E-state index contributed by atoms with van der Waals surface area (Å²) in [6.07, 6.45) is -0.227. The molecule has 0 unspecified atom stereocenters. The highest BCUT2D eigenvalue weighted by atomic mass is 35.5. The Balaban J connectivity index is 1.98. The Bertz CT molecular complexity index is 928. The maximum absolute atomic E-state index is 12.2. The van der Waals surface area contributed by atoms with Gasteiger partial charge in [-0.25, -0.2) is 8.42 Å². The lowest BCUT2D eigenvalue weighted by molar-refractivity contribution is -0.116. The number of amides is 2. The van der Waals surface area contributed by atoms with Crippen LogP contribution < -0.4 is 10.6 Å². The molecule has 0 radical (unpaired) electrons. The molecule has 0 saturated carbocycles. The molecular formula is C17H16Cl2N2O4S. The van der Waals surface area contributed by atoms with E-state index < -0.39 is 15.7 Å². The van der Waals surface area contributed by atoms with Gasteiger partial charge in [0.25, 0.3) is 0 Å². The second kappa shape index (κ2) is 8.53. The summed E-state index contributed by atoms with van der Waals surface area (Å²) in [5.41, 5.74) is 0.820. The van der Waals surface area contributed by atoms with E-state index in [9.17, 15) is 18.0 Å². The predicted molar refractivity (Wildman–Crippen MR) is 103 cm³/mol. The van der Waals surface area contributed by atoms with Gasteiger partial charge in [-0.15, -0.1) is 0 Å². The highest BCUT2D eigenvalue weighted by Gasteiger charge is 2.17. The van der Waals surface area contributed by atoms with Gasteiger partial charge >= 0.3 is 0 Å². The SMILES string of the molecule is CC(=O)Nc1ccc(NC(=O)CCS(=O)(=O)c2ccc(Cl)cc2)c(Cl)c1. The van der Waals surface area contributed by atoms with E-state index in [1.165, 1.54) is 43.3 Å². The van der Waals surface area contributed by atoms with Gasteiger partial charge in [-0.3, -0.25) is 9.59 Å². The number of sulfone groups is 1. The molecule has 2 N–H and O–H groups in total. The predicted octanol–water partition coefficient (Wildman–Crippen LogP) is 3.75. The molecule has 0 fully saturated rings. The zero-order chi connectivity index (χ0) is 19.3. The van der Waals surface area contributed by atoms with Crippen molar-refractivity contribution < 1.29 is 18.0 Å². The van der Waals surface area contributed by atoms with E-state index in [0.717, 1.165) is 0 Å². The Morgan fingerprint density at radius 3 is 2.23 bits per heavy atom. The minimum atomic E-state index is -3.59. The zero-order valence-electron chi connectivity index (χ0n) is 13.8. The molecule has 0 aliphatic heterocycles. The van der Waals surface area contributed by atoms with Crippen molar-refractivity contribution in [3.63, 3.8) is 0 Å². The Labute approximate surface area is 161 Å². The van der Waals surface area contributed by atoms with E-state index >= 15 is 0 Å². The lowest BCUT2D eigenvalue weighted by Gasteiger charge is -2.10. The maximum atomic E-state index is 12.2. The molecule has 6 nitrogen and oxygen atoms in total. The van der Waals surface area contributed by atoms with Crippen LogP contribution in [0.15, 0.2) is 47.4 Å². The van der Waals surface area contributed by atoms with E-state index in [4.69, 9.17) is 23.2 Å². The summed E-state index contributed by atoms with van der Waals surface area (Å²) in [7, 11) is -3.59. The Kier molecular flexibility index (Phi) is 6.63. The number of halogens is 2. The van der Waals surface area contributed by atoms with Gasteiger partial charge in [-0.05, 0) is 42.5 Å². The maximum Gasteiger partial charge on any atom is 0.225 e. The molecular weight excluding hydrogens is 399 g/mol. The first-order chi connectivity index (χ1) is 12.2. The van der Waals surface area contributed by atoms with Crippen molar-refractivity contribution >= 4 is 56.2 Å². The number of hydrogen-bond acceptors (Lipinski definition) is 4. The molecule has 2 amide bonds. The molecule has 2 aromatic carbocycles.